The van der Waals surface area contributed by atoms with Crippen molar-refractivity contribution in [1.29, 1.82) is 0 Å². The molecular weight excluding hydrogens is 312 g/mol. The van der Waals surface area contributed by atoms with Gasteiger partial charge in [0.1, 0.15) is 6.04 Å². The Bertz CT molecular complexity index is 629. The maximum absolute atomic E-state index is 12.3. The fourth-order valence-corrected chi connectivity index (χ4v) is 3.59. The maximum atomic E-state index is 12.3. The quantitative estimate of drug-likeness (QED) is 0.869. The van der Waals surface area contributed by atoms with Crippen molar-refractivity contribution >= 4 is 33.2 Å². The number of hydrogen-bond donors (Lipinski definition) is 1. The minimum atomic E-state index is -3.59. The molecule has 5 nitrogen and oxygen atoms in total. The van der Waals surface area contributed by atoms with Crippen molar-refractivity contribution in [3.05, 3.63) is 29.3 Å². The van der Waals surface area contributed by atoms with E-state index < -0.39 is 16.1 Å². The highest BCUT2D eigenvalue weighted by molar-refractivity contribution is 7.92. The minimum Gasteiger partial charge on any atom is -0.352 e. The van der Waals surface area contributed by atoms with Gasteiger partial charge in [0, 0.05) is 11.1 Å². The fourth-order valence-electron chi connectivity index (χ4n) is 2.20. The molecule has 0 bridgehead atoms. The molecule has 2 rings (SSSR count). The highest BCUT2D eigenvalue weighted by atomic mass is 35.5. The van der Waals surface area contributed by atoms with E-state index in [1.807, 2.05) is 0 Å². The Hall–Kier alpha value is -1.27. The van der Waals surface area contributed by atoms with Crippen LogP contribution in [0.1, 0.15) is 26.2 Å². The Labute approximate surface area is 130 Å². The summed E-state index contributed by atoms with van der Waals surface area (Å²) in [6.45, 7) is 1.79. The Balaban J connectivity index is 2.35. The van der Waals surface area contributed by atoms with E-state index in [2.05, 4.69) is 5.32 Å². The Morgan fingerprint density at radius 1 is 1.48 bits per heavy atom. The van der Waals surface area contributed by atoms with Crippen LogP contribution in [0.3, 0.4) is 0 Å². The molecule has 1 aliphatic rings. The molecular formula is C14H19ClN2O3S. The molecule has 1 amide bonds. The van der Waals surface area contributed by atoms with Gasteiger partial charge in [-0.3, -0.25) is 9.10 Å². The average molecular weight is 331 g/mol. The number of rotatable bonds is 6. The summed E-state index contributed by atoms with van der Waals surface area (Å²) in [5, 5.41) is 3.29. The first-order chi connectivity index (χ1) is 9.82. The molecule has 1 aromatic rings. The van der Waals surface area contributed by atoms with Crippen LogP contribution < -0.4 is 9.62 Å². The normalized spacial score (nSPS) is 16.3. The molecule has 0 spiro atoms. The number of anilines is 1. The van der Waals surface area contributed by atoms with Crippen molar-refractivity contribution < 1.29 is 13.2 Å². The van der Waals surface area contributed by atoms with Crippen LogP contribution in [0.25, 0.3) is 0 Å². The summed E-state index contributed by atoms with van der Waals surface area (Å²) >= 11 is 5.94. The van der Waals surface area contributed by atoms with Gasteiger partial charge >= 0.3 is 0 Å². The third-order valence-corrected chi connectivity index (χ3v) is 4.73. The molecule has 0 saturated heterocycles. The number of hydrogen-bond acceptors (Lipinski definition) is 3. The second-order valence-corrected chi connectivity index (χ2v) is 7.54. The van der Waals surface area contributed by atoms with E-state index in [4.69, 9.17) is 11.6 Å². The van der Waals surface area contributed by atoms with Crippen molar-refractivity contribution in [1.82, 2.24) is 5.32 Å². The number of benzene rings is 1. The number of carbonyl (C=O) groups excluding carboxylic acids is 1. The number of carbonyl (C=O) groups is 1. The first kappa shape index (κ1) is 16.1. The lowest BCUT2D eigenvalue weighted by atomic mass is 10.2. The fraction of sp³-hybridized carbons (Fsp3) is 0.500. The van der Waals surface area contributed by atoms with Crippen LogP contribution in [-0.2, 0) is 14.8 Å². The minimum absolute atomic E-state index is 0.187. The van der Waals surface area contributed by atoms with Gasteiger partial charge in [0.2, 0.25) is 15.9 Å². The van der Waals surface area contributed by atoms with E-state index in [1.165, 1.54) is 0 Å². The summed E-state index contributed by atoms with van der Waals surface area (Å²) in [5.41, 5.74) is 0.405. The summed E-state index contributed by atoms with van der Waals surface area (Å²) in [6.07, 6.45) is 3.40. The predicted octanol–water partition coefficient (Wildman–Crippen LogP) is 2.16. The van der Waals surface area contributed by atoms with Gasteiger partial charge in [-0.05, 0) is 37.5 Å². The summed E-state index contributed by atoms with van der Waals surface area (Å²) in [6, 6.07) is 5.94. The van der Waals surface area contributed by atoms with Crippen LogP contribution in [0.2, 0.25) is 5.02 Å². The summed E-state index contributed by atoms with van der Waals surface area (Å²) < 4.78 is 25.5. The van der Waals surface area contributed by atoms with E-state index in [1.54, 1.807) is 31.2 Å². The van der Waals surface area contributed by atoms with Gasteiger partial charge in [0.25, 0.3) is 0 Å². The highest BCUT2D eigenvalue weighted by Gasteiger charge is 2.34. The molecule has 0 unspecified atom stereocenters. The molecule has 21 heavy (non-hydrogen) atoms. The van der Waals surface area contributed by atoms with Crippen LogP contribution in [0.4, 0.5) is 5.69 Å². The average Bonchev–Trinajstić information content (AvgIpc) is 3.17. The third-order valence-electron chi connectivity index (χ3n) is 3.32. The number of sulfonamides is 1. The molecule has 1 saturated carbocycles. The number of amides is 1. The van der Waals surface area contributed by atoms with Gasteiger partial charge in [-0.25, -0.2) is 8.42 Å². The summed E-state index contributed by atoms with van der Waals surface area (Å²) in [4.78, 5) is 12.3. The molecule has 0 radical (unpaired) electrons. The van der Waals surface area contributed by atoms with Gasteiger partial charge in [-0.2, -0.15) is 0 Å². The van der Waals surface area contributed by atoms with E-state index in [0.29, 0.717) is 17.1 Å². The van der Waals surface area contributed by atoms with Gasteiger partial charge in [-0.15, -0.1) is 0 Å². The molecule has 0 aliphatic heterocycles. The molecule has 1 aliphatic carbocycles. The van der Waals surface area contributed by atoms with Gasteiger partial charge in [0.05, 0.1) is 11.9 Å². The van der Waals surface area contributed by atoms with E-state index in [-0.39, 0.29) is 11.9 Å². The van der Waals surface area contributed by atoms with Gasteiger partial charge in [0.15, 0.2) is 0 Å². The molecule has 0 aromatic heterocycles. The summed E-state index contributed by atoms with van der Waals surface area (Å²) in [5.74, 6) is -0.259. The van der Waals surface area contributed by atoms with Gasteiger partial charge in [-0.1, -0.05) is 24.6 Å². The lowest BCUT2D eigenvalue weighted by Gasteiger charge is -2.30. The van der Waals surface area contributed by atoms with Crippen molar-refractivity contribution in [3.63, 3.8) is 0 Å². The van der Waals surface area contributed by atoms with Crippen LogP contribution in [-0.4, -0.2) is 32.7 Å². The van der Waals surface area contributed by atoms with E-state index in [9.17, 15) is 13.2 Å². The van der Waals surface area contributed by atoms with Crippen LogP contribution in [0.5, 0.6) is 0 Å². The molecule has 1 fully saturated rings. The van der Waals surface area contributed by atoms with Gasteiger partial charge < -0.3 is 5.32 Å². The number of nitrogens with zero attached hydrogens (tertiary/aromatic N) is 1. The Morgan fingerprint density at radius 2 is 2.14 bits per heavy atom. The van der Waals surface area contributed by atoms with E-state index >= 15 is 0 Å². The number of nitrogens with one attached hydrogen (secondary N) is 1. The molecule has 7 heteroatoms. The van der Waals surface area contributed by atoms with Crippen LogP contribution in [0, 0.1) is 0 Å². The first-order valence-electron chi connectivity index (χ1n) is 6.88. The topological polar surface area (TPSA) is 66.5 Å². The monoisotopic (exact) mass is 330 g/mol. The Morgan fingerprint density at radius 3 is 2.62 bits per heavy atom. The van der Waals surface area contributed by atoms with Crippen molar-refractivity contribution in [2.75, 3.05) is 10.6 Å². The molecule has 1 aromatic carbocycles. The second kappa shape index (κ2) is 6.23. The molecule has 1 N–H and O–H groups in total. The van der Waals surface area contributed by atoms with Crippen molar-refractivity contribution in [3.8, 4) is 0 Å². The largest absolute Gasteiger partial charge is 0.352 e. The lowest BCUT2D eigenvalue weighted by Crippen LogP contribution is -2.49. The van der Waals surface area contributed by atoms with Crippen molar-refractivity contribution in [2.45, 2.75) is 38.3 Å². The van der Waals surface area contributed by atoms with Crippen LogP contribution in [0.15, 0.2) is 24.3 Å². The first-order valence-corrected chi connectivity index (χ1v) is 9.11. The number of halogens is 1. The van der Waals surface area contributed by atoms with Crippen LogP contribution >= 0.6 is 11.6 Å². The zero-order chi connectivity index (χ0) is 15.6. The lowest BCUT2D eigenvalue weighted by molar-refractivity contribution is -0.122. The molecule has 1 atom stereocenters. The second-order valence-electron chi connectivity index (χ2n) is 5.25. The zero-order valence-corrected chi connectivity index (χ0v) is 13.6. The van der Waals surface area contributed by atoms with E-state index in [0.717, 1.165) is 23.4 Å². The highest BCUT2D eigenvalue weighted by Crippen LogP contribution is 2.26. The maximum Gasteiger partial charge on any atom is 0.244 e. The summed E-state index contributed by atoms with van der Waals surface area (Å²) in [7, 11) is -3.59. The molecule has 116 valence electrons. The van der Waals surface area contributed by atoms with Crippen molar-refractivity contribution in [2.24, 2.45) is 0 Å². The zero-order valence-electron chi connectivity index (χ0n) is 12.0. The smallest absolute Gasteiger partial charge is 0.244 e. The molecule has 0 heterocycles. The standard InChI is InChI=1S/C14H19ClN2O3S/c1-3-13(14(18)16-11-7-8-11)17(21(2,19)20)12-6-4-5-10(15)9-12/h4-6,9,11,13H,3,7-8H2,1-2H3,(H,16,18)/t13-/m0/s1. The third kappa shape index (κ3) is 4.11. The Kier molecular flexibility index (Phi) is 4.78. The SMILES string of the molecule is CC[C@@H](C(=O)NC1CC1)N(c1cccc(Cl)c1)S(C)(=O)=O. The predicted molar refractivity (Wildman–Crippen MR) is 84.0 cm³/mol.